The number of aliphatic hydroxyl groups excluding tert-OH is 1. The minimum Gasteiger partial charge on any atom is -0.384 e. The molecule has 0 amide bonds. The zero-order valence-corrected chi connectivity index (χ0v) is 9.58. The number of pyridine rings is 1. The van der Waals surface area contributed by atoms with Crippen molar-refractivity contribution < 1.29 is 5.11 Å². The maximum absolute atomic E-state index is 10.2. The monoisotopic (exact) mass is 219 g/mol. The number of hydrogen-bond acceptors (Lipinski definition) is 3. The average Bonchev–Trinajstić information content (AvgIpc) is 2.65. The number of thiophene rings is 1. The molecule has 0 bridgehead atoms. The number of aromatic nitrogens is 1. The molecule has 0 aliphatic carbocycles. The van der Waals surface area contributed by atoms with Gasteiger partial charge >= 0.3 is 0 Å². The predicted molar refractivity (Wildman–Crippen MR) is 62.1 cm³/mol. The van der Waals surface area contributed by atoms with Crippen molar-refractivity contribution in [2.75, 3.05) is 0 Å². The Kier molecular flexibility index (Phi) is 2.84. The van der Waals surface area contributed by atoms with E-state index in [4.69, 9.17) is 0 Å². The molecule has 2 heterocycles. The van der Waals surface area contributed by atoms with E-state index in [1.807, 2.05) is 31.4 Å². The van der Waals surface area contributed by atoms with Crippen LogP contribution in [0.15, 0.2) is 29.9 Å². The highest BCUT2D eigenvalue weighted by Gasteiger charge is 2.13. The molecule has 2 rings (SSSR count). The first-order valence-corrected chi connectivity index (χ1v) is 5.70. The van der Waals surface area contributed by atoms with Crippen molar-refractivity contribution in [3.05, 3.63) is 51.5 Å². The summed E-state index contributed by atoms with van der Waals surface area (Å²) < 4.78 is 0. The Balaban J connectivity index is 2.36. The van der Waals surface area contributed by atoms with E-state index in [1.54, 1.807) is 23.7 Å². The van der Waals surface area contributed by atoms with E-state index in [9.17, 15) is 5.11 Å². The van der Waals surface area contributed by atoms with Gasteiger partial charge in [-0.2, -0.15) is 0 Å². The van der Waals surface area contributed by atoms with Crippen molar-refractivity contribution in [1.82, 2.24) is 4.98 Å². The quantitative estimate of drug-likeness (QED) is 0.842. The van der Waals surface area contributed by atoms with E-state index < -0.39 is 6.10 Å². The van der Waals surface area contributed by atoms with E-state index in [0.717, 1.165) is 16.7 Å². The maximum atomic E-state index is 10.2. The van der Waals surface area contributed by atoms with Crippen molar-refractivity contribution in [1.29, 1.82) is 0 Å². The molecule has 0 spiro atoms. The lowest BCUT2D eigenvalue weighted by atomic mass is 10.0. The normalized spacial score (nSPS) is 12.7. The average molecular weight is 219 g/mol. The number of nitrogens with zero attached hydrogens (tertiary/aromatic N) is 1. The maximum Gasteiger partial charge on any atom is 0.105 e. The van der Waals surface area contributed by atoms with Crippen LogP contribution >= 0.6 is 11.3 Å². The van der Waals surface area contributed by atoms with E-state index in [-0.39, 0.29) is 0 Å². The topological polar surface area (TPSA) is 33.1 Å². The van der Waals surface area contributed by atoms with Gasteiger partial charge in [-0.1, -0.05) is 0 Å². The summed E-state index contributed by atoms with van der Waals surface area (Å²) in [5.41, 5.74) is 2.92. The molecule has 2 nitrogen and oxygen atoms in total. The number of hydrogen-bond donors (Lipinski definition) is 1. The smallest absolute Gasteiger partial charge is 0.105 e. The second kappa shape index (κ2) is 4.13. The van der Waals surface area contributed by atoms with Crippen LogP contribution in [0.1, 0.15) is 27.7 Å². The van der Waals surface area contributed by atoms with Crippen LogP contribution in [0, 0.1) is 13.8 Å². The number of aliphatic hydroxyl groups is 1. The molecule has 0 fully saturated rings. The third-order valence-electron chi connectivity index (χ3n) is 2.42. The molecule has 0 saturated carbocycles. The van der Waals surface area contributed by atoms with Crippen LogP contribution in [-0.4, -0.2) is 10.1 Å². The molecule has 1 unspecified atom stereocenters. The Morgan fingerprint density at radius 2 is 2.20 bits per heavy atom. The highest BCUT2D eigenvalue weighted by molar-refractivity contribution is 7.10. The van der Waals surface area contributed by atoms with Gasteiger partial charge < -0.3 is 5.11 Å². The Morgan fingerprint density at radius 1 is 1.40 bits per heavy atom. The summed E-state index contributed by atoms with van der Waals surface area (Å²) in [6, 6.07) is 3.89. The molecule has 0 saturated heterocycles. The van der Waals surface area contributed by atoms with Gasteiger partial charge in [0.15, 0.2) is 0 Å². The summed E-state index contributed by atoms with van der Waals surface area (Å²) in [4.78, 5) is 5.24. The fourth-order valence-corrected chi connectivity index (χ4v) is 2.30. The van der Waals surface area contributed by atoms with E-state index in [2.05, 4.69) is 4.98 Å². The molecule has 1 atom stereocenters. The first kappa shape index (κ1) is 10.3. The van der Waals surface area contributed by atoms with Crippen LogP contribution in [-0.2, 0) is 0 Å². The van der Waals surface area contributed by atoms with Gasteiger partial charge in [0, 0.05) is 17.3 Å². The molecule has 0 aromatic carbocycles. The standard InChI is InChI=1S/C12H13NOS/c1-8-6-13-4-3-11(8)12(14)10-5-9(2)15-7-10/h3-7,12,14H,1-2H3. The summed E-state index contributed by atoms with van der Waals surface area (Å²) in [7, 11) is 0. The second-order valence-electron chi connectivity index (χ2n) is 3.63. The Hall–Kier alpha value is -1.19. The van der Waals surface area contributed by atoms with Crippen molar-refractivity contribution in [2.24, 2.45) is 0 Å². The second-order valence-corrected chi connectivity index (χ2v) is 4.74. The minimum absolute atomic E-state index is 0.530. The van der Waals surface area contributed by atoms with Crippen molar-refractivity contribution in [3.63, 3.8) is 0 Å². The van der Waals surface area contributed by atoms with Gasteiger partial charge in [0.05, 0.1) is 0 Å². The summed E-state index contributed by atoms with van der Waals surface area (Å²) in [6.45, 7) is 4.01. The summed E-state index contributed by atoms with van der Waals surface area (Å²) in [5.74, 6) is 0. The fourth-order valence-electron chi connectivity index (χ4n) is 1.58. The molecule has 0 aliphatic rings. The molecule has 2 aromatic heterocycles. The third-order valence-corrected chi connectivity index (χ3v) is 3.30. The number of rotatable bonds is 2. The SMILES string of the molecule is Cc1cc(C(O)c2ccncc2C)cs1. The Bertz CT molecular complexity index is 464. The largest absolute Gasteiger partial charge is 0.384 e. The van der Waals surface area contributed by atoms with Crippen LogP contribution in [0.3, 0.4) is 0 Å². The molecule has 3 heteroatoms. The first-order valence-electron chi connectivity index (χ1n) is 4.82. The van der Waals surface area contributed by atoms with Gasteiger partial charge in [-0.05, 0) is 48.1 Å². The van der Waals surface area contributed by atoms with Gasteiger partial charge in [-0.3, -0.25) is 4.98 Å². The van der Waals surface area contributed by atoms with Crippen molar-refractivity contribution in [3.8, 4) is 0 Å². The highest BCUT2D eigenvalue weighted by atomic mass is 32.1. The number of aryl methyl sites for hydroxylation is 2. The zero-order valence-electron chi connectivity index (χ0n) is 8.77. The Morgan fingerprint density at radius 3 is 2.80 bits per heavy atom. The molecular weight excluding hydrogens is 206 g/mol. The van der Waals surface area contributed by atoms with Gasteiger partial charge in [0.25, 0.3) is 0 Å². The first-order chi connectivity index (χ1) is 7.18. The van der Waals surface area contributed by atoms with Crippen molar-refractivity contribution >= 4 is 11.3 Å². The Labute approximate surface area is 93.2 Å². The van der Waals surface area contributed by atoms with Crippen LogP contribution in [0.25, 0.3) is 0 Å². The lowest BCUT2D eigenvalue weighted by molar-refractivity contribution is 0.220. The van der Waals surface area contributed by atoms with Gasteiger partial charge in [0.2, 0.25) is 0 Å². The van der Waals surface area contributed by atoms with E-state index >= 15 is 0 Å². The lowest BCUT2D eigenvalue weighted by Crippen LogP contribution is -2.00. The molecule has 78 valence electrons. The van der Waals surface area contributed by atoms with Gasteiger partial charge in [-0.15, -0.1) is 11.3 Å². The van der Waals surface area contributed by atoms with Crippen LogP contribution in [0.4, 0.5) is 0 Å². The molecule has 15 heavy (non-hydrogen) atoms. The van der Waals surface area contributed by atoms with Crippen LogP contribution < -0.4 is 0 Å². The highest BCUT2D eigenvalue weighted by Crippen LogP contribution is 2.27. The predicted octanol–water partition coefficient (Wildman–Crippen LogP) is 2.84. The molecule has 1 N–H and O–H groups in total. The summed E-state index contributed by atoms with van der Waals surface area (Å²) in [6.07, 6.45) is 2.96. The molecular formula is C12H13NOS. The summed E-state index contributed by atoms with van der Waals surface area (Å²) in [5, 5.41) is 12.2. The molecule has 0 aliphatic heterocycles. The van der Waals surface area contributed by atoms with Gasteiger partial charge in [-0.25, -0.2) is 0 Å². The fraction of sp³-hybridized carbons (Fsp3) is 0.250. The third kappa shape index (κ3) is 2.08. The lowest BCUT2D eigenvalue weighted by Gasteiger charge is -2.11. The van der Waals surface area contributed by atoms with E-state index in [1.165, 1.54) is 4.88 Å². The van der Waals surface area contributed by atoms with E-state index in [0.29, 0.717) is 0 Å². The minimum atomic E-state index is -0.530. The molecule has 2 aromatic rings. The van der Waals surface area contributed by atoms with Crippen LogP contribution in [0.2, 0.25) is 0 Å². The van der Waals surface area contributed by atoms with Crippen LogP contribution in [0.5, 0.6) is 0 Å². The van der Waals surface area contributed by atoms with Gasteiger partial charge in [0.1, 0.15) is 6.10 Å². The van der Waals surface area contributed by atoms with Crippen molar-refractivity contribution in [2.45, 2.75) is 20.0 Å². The zero-order chi connectivity index (χ0) is 10.8. The molecule has 0 radical (unpaired) electrons. The summed E-state index contributed by atoms with van der Waals surface area (Å²) >= 11 is 1.66.